The number of alkyl halides is 1. The van der Waals surface area contributed by atoms with Crippen molar-refractivity contribution in [3.05, 3.63) is 34.6 Å². The lowest BCUT2D eigenvalue weighted by molar-refractivity contribution is -0.568. The van der Waals surface area contributed by atoms with Crippen LogP contribution in [0, 0.1) is 6.92 Å². The van der Waals surface area contributed by atoms with E-state index in [1.54, 1.807) is 0 Å². The maximum atomic E-state index is 3.43. The highest BCUT2D eigenvalue weighted by atomic mass is 79.9. The highest BCUT2D eigenvalue weighted by molar-refractivity contribution is 9.13. The van der Waals surface area contributed by atoms with E-state index in [1.165, 1.54) is 5.56 Å². The quantitative estimate of drug-likeness (QED) is 0.583. The second-order valence-corrected chi connectivity index (χ2v) is 4.11. The van der Waals surface area contributed by atoms with Gasteiger partial charge in [0.05, 0.1) is 4.48 Å². The number of nitrogens with zero attached hydrogens (tertiary/aromatic N) is 1. The molecule has 0 aliphatic heterocycles. The fourth-order valence-corrected chi connectivity index (χ4v) is 1.18. The summed E-state index contributed by atoms with van der Waals surface area (Å²) >= 11 is 6.78. The Hall–Kier alpha value is -0.150. The van der Waals surface area contributed by atoms with Crippen molar-refractivity contribution in [1.82, 2.24) is 0 Å². The van der Waals surface area contributed by atoms with Crippen LogP contribution in [0.15, 0.2) is 29.0 Å². The van der Waals surface area contributed by atoms with Gasteiger partial charge in [-0.2, -0.15) is 4.57 Å². The Morgan fingerprint density at radius 3 is 2.58 bits per heavy atom. The molecule has 0 radical (unpaired) electrons. The molecule has 0 bridgehead atoms. The molecular weight excluding hydrogens is 282 g/mol. The van der Waals surface area contributed by atoms with E-state index in [0.717, 1.165) is 9.81 Å². The van der Waals surface area contributed by atoms with Gasteiger partial charge in [-0.25, -0.2) is 0 Å². The number of halogens is 2. The van der Waals surface area contributed by atoms with Crippen LogP contribution >= 0.6 is 31.9 Å². The summed E-state index contributed by atoms with van der Waals surface area (Å²) in [4.78, 5) is 0. The van der Waals surface area contributed by atoms with Crippen LogP contribution in [0.2, 0.25) is 0 Å². The van der Waals surface area contributed by atoms with E-state index in [-0.39, 0.29) is 0 Å². The summed E-state index contributed by atoms with van der Waals surface area (Å²) in [6, 6.07) is 4.15. The number of aromatic nitrogens is 1. The molecular formula is C9H10Br2N+. The van der Waals surface area contributed by atoms with Gasteiger partial charge in [0.1, 0.15) is 0 Å². The zero-order valence-electron chi connectivity index (χ0n) is 6.80. The largest absolute Gasteiger partial charge is 0.185 e. The van der Waals surface area contributed by atoms with Gasteiger partial charge >= 0.3 is 0 Å². The fraction of sp³-hybridized carbons (Fsp3) is 0.222. The van der Waals surface area contributed by atoms with E-state index in [0.29, 0.717) is 0 Å². The number of aryl methyl sites for hydroxylation is 1. The van der Waals surface area contributed by atoms with Crippen LogP contribution in [0.5, 0.6) is 0 Å². The first kappa shape index (κ1) is 9.93. The van der Waals surface area contributed by atoms with Crippen molar-refractivity contribution >= 4 is 38.1 Å². The monoisotopic (exact) mass is 290 g/mol. The summed E-state index contributed by atoms with van der Waals surface area (Å²) in [5.41, 5.74) is 1.27. The Morgan fingerprint density at radius 1 is 1.50 bits per heavy atom. The van der Waals surface area contributed by atoms with E-state index in [4.69, 9.17) is 0 Å². The van der Waals surface area contributed by atoms with Gasteiger partial charge < -0.3 is 0 Å². The average molecular weight is 292 g/mol. The van der Waals surface area contributed by atoms with Crippen molar-refractivity contribution < 1.29 is 4.57 Å². The van der Waals surface area contributed by atoms with Gasteiger partial charge in [-0.3, -0.25) is 0 Å². The van der Waals surface area contributed by atoms with Crippen LogP contribution < -0.4 is 4.57 Å². The third-order valence-corrected chi connectivity index (χ3v) is 3.28. The van der Waals surface area contributed by atoms with Gasteiger partial charge in [0.25, 0.3) is 0 Å². The topological polar surface area (TPSA) is 3.88 Å². The molecule has 0 atom stereocenters. The molecule has 12 heavy (non-hydrogen) atoms. The van der Waals surface area contributed by atoms with Gasteiger partial charge in [0.15, 0.2) is 18.6 Å². The number of rotatable bonds is 2. The summed E-state index contributed by atoms with van der Waals surface area (Å²) in [7, 11) is 0. The summed E-state index contributed by atoms with van der Waals surface area (Å²) < 4.78 is 3.13. The molecule has 1 rings (SSSR count). The second-order valence-electron chi connectivity index (χ2n) is 2.53. The lowest BCUT2D eigenvalue weighted by Gasteiger charge is -1.90. The van der Waals surface area contributed by atoms with Crippen molar-refractivity contribution in [1.29, 1.82) is 0 Å². The summed E-state index contributed by atoms with van der Waals surface area (Å²) in [5.74, 6) is 0. The van der Waals surface area contributed by atoms with Crippen LogP contribution in [-0.2, 0) is 0 Å². The minimum atomic E-state index is 0.841. The standard InChI is InChI=1S/C9H10Br2N/c1-8-2-4-12(5-3-8)7-9(11)6-10/h2-5,7H,6H2,1H3/q+1. The van der Waals surface area contributed by atoms with Crippen molar-refractivity contribution in [2.24, 2.45) is 0 Å². The molecule has 3 heteroatoms. The normalized spacial score (nSPS) is 11.8. The molecule has 0 unspecified atom stereocenters. The second kappa shape index (κ2) is 4.77. The predicted octanol–water partition coefficient (Wildman–Crippen LogP) is 2.87. The molecule has 0 amide bonds. The fourth-order valence-electron chi connectivity index (χ4n) is 0.795. The van der Waals surface area contributed by atoms with Crippen molar-refractivity contribution in [2.45, 2.75) is 6.92 Å². The summed E-state index contributed by atoms with van der Waals surface area (Å²) in [6.45, 7) is 2.08. The van der Waals surface area contributed by atoms with E-state index >= 15 is 0 Å². The average Bonchev–Trinajstić information content (AvgIpc) is 2.09. The minimum absolute atomic E-state index is 0.841. The smallest absolute Gasteiger partial charge is 0.173 e. The van der Waals surface area contributed by atoms with Gasteiger partial charge in [0, 0.05) is 17.5 Å². The van der Waals surface area contributed by atoms with E-state index in [2.05, 4.69) is 50.9 Å². The van der Waals surface area contributed by atoms with Crippen molar-refractivity contribution in [2.75, 3.05) is 5.33 Å². The van der Waals surface area contributed by atoms with Gasteiger partial charge in [-0.1, -0.05) is 15.9 Å². The number of hydrogen-bond donors (Lipinski definition) is 0. The highest BCUT2D eigenvalue weighted by Gasteiger charge is 1.96. The minimum Gasteiger partial charge on any atom is -0.173 e. The number of allylic oxidation sites excluding steroid dienone is 1. The zero-order valence-corrected chi connectivity index (χ0v) is 9.97. The van der Waals surface area contributed by atoms with Crippen LogP contribution in [-0.4, -0.2) is 5.33 Å². The van der Waals surface area contributed by atoms with Crippen molar-refractivity contribution in [3.63, 3.8) is 0 Å². The molecule has 64 valence electrons. The molecule has 1 nitrogen and oxygen atoms in total. The van der Waals surface area contributed by atoms with Crippen LogP contribution in [0.3, 0.4) is 0 Å². The SMILES string of the molecule is Cc1cc[n+](C=C(Br)CBr)cc1. The zero-order chi connectivity index (χ0) is 8.97. The molecule has 1 aromatic rings. The molecule has 1 aromatic heterocycles. The molecule has 0 N–H and O–H groups in total. The molecule has 0 aliphatic rings. The van der Waals surface area contributed by atoms with Gasteiger partial charge in [0.2, 0.25) is 0 Å². The number of pyridine rings is 1. The van der Waals surface area contributed by atoms with Crippen molar-refractivity contribution in [3.8, 4) is 0 Å². The molecule has 0 fully saturated rings. The predicted molar refractivity (Wildman–Crippen MR) is 58.4 cm³/mol. The maximum Gasteiger partial charge on any atom is 0.185 e. The highest BCUT2D eigenvalue weighted by Crippen LogP contribution is 2.06. The first-order valence-electron chi connectivity index (χ1n) is 3.62. The lowest BCUT2D eigenvalue weighted by atomic mass is 10.3. The summed E-state index contributed by atoms with van der Waals surface area (Å²) in [6.07, 6.45) is 6.08. The van der Waals surface area contributed by atoms with Crippen LogP contribution in [0.4, 0.5) is 0 Å². The van der Waals surface area contributed by atoms with Crippen LogP contribution in [0.1, 0.15) is 5.56 Å². The Bertz CT molecular complexity index is 277. The van der Waals surface area contributed by atoms with E-state index in [1.807, 2.05) is 23.2 Å². The maximum absolute atomic E-state index is 3.43. The Kier molecular flexibility index (Phi) is 3.95. The molecule has 0 saturated heterocycles. The van der Waals surface area contributed by atoms with Gasteiger partial charge in [-0.05, 0) is 28.4 Å². The first-order valence-corrected chi connectivity index (χ1v) is 5.53. The molecule has 0 saturated carbocycles. The first-order chi connectivity index (χ1) is 5.72. The third kappa shape index (κ3) is 3.07. The number of hydrogen-bond acceptors (Lipinski definition) is 0. The van der Waals surface area contributed by atoms with Gasteiger partial charge in [-0.15, -0.1) is 0 Å². The van der Waals surface area contributed by atoms with E-state index in [9.17, 15) is 0 Å². The summed E-state index contributed by atoms with van der Waals surface area (Å²) in [5, 5.41) is 0.841. The molecule has 0 spiro atoms. The Labute approximate surface area is 89.4 Å². The molecule has 1 heterocycles. The molecule has 0 aromatic carbocycles. The lowest BCUT2D eigenvalue weighted by Crippen LogP contribution is -2.24. The van der Waals surface area contributed by atoms with Crippen LogP contribution in [0.25, 0.3) is 6.20 Å². The Morgan fingerprint density at radius 2 is 2.08 bits per heavy atom. The van der Waals surface area contributed by atoms with E-state index < -0.39 is 0 Å². The Balaban J connectivity index is 2.84. The molecule has 0 aliphatic carbocycles. The third-order valence-electron chi connectivity index (χ3n) is 1.44.